The van der Waals surface area contributed by atoms with E-state index in [1.807, 2.05) is 24.8 Å². The predicted octanol–water partition coefficient (Wildman–Crippen LogP) is 2.16. The lowest BCUT2D eigenvalue weighted by Crippen LogP contribution is -2.48. The second kappa shape index (κ2) is 6.89. The summed E-state index contributed by atoms with van der Waals surface area (Å²) in [4.78, 5) is 15.4. The maximum atomic E-state index is 14.3. The monoisotopic (exact) mass is 293 g/mol. The van der Waals surface area contributed by atoms with Crippen LogP contribution in [0.5, 0.6) is 0 Å². The highest BCUT2D eigenvalue weighted by atomic mass is 19.1. The second-order valence-electron chi connectivity index (χ2n) is 5.45. The molecular weight excluding hydrogens is 269 g/mol. The summed E-state index contributed by atoms with van der Waals surface area (Å²) >= 11 is 0. The van der Waals surface area contributed by atoms with Crippen molar-refractivity contribution in [3.05, 3.63) is 29.6 Å². The van der Waals surface area contributed by atoms with Gasteiger partial charge in [-0.1, -0.05) is 13.0 Å². The molecule has 1 aliphatic heterocycles. The number of hydrogen-bond acceptors (Lipinski definition) is 3. The Labute approximate surface area is 125 Å². The average Bonchev–Trinajstić information content (AvgIpc) is 2.47. The van der Waals surface area contributed by atoms with Gasteiger partial charge in [0.25, 0.3) is 0 Å². The Bertz CT molecular complexity index is 498. The van der Waals surface area contributed by atoms with Crippen molar-refractivity contribution in [1.82, 2.24) is 10.2 Å². The Balaban J connectivity index is 2.20. The van der Waals surface area contributed by atoms with Crippen molar-refractivity contribution in [3.8, 4) is 0 Å². The number of halogens is 1. The van der Waals surface area contributed by atoms with Gasteiger partial charge < -0.3 is 15.1 Å². The van der Waals surface area contributed by atoms with Gasteiger partial charge in [0.1, 0.15) is 5.82 Å². The van der Waals surface area contributed by atoms with Crippen LogP contribution in [0.3, 0.4) is 0 Å². The zero-order chi connectivity index (χ0) is 15.4. The van der Waals surface area contributed by atoms with E-state index in [9.17, 15) is 9.18 Å². The molecule has 1 N–H and O–H groups in total. The minimum absolute atomic E-state index is 0.0305. The Morgan fingerprint density at radius 1 is 1.33 bits per heavy atom. The third-order valence-electron chi connectivity index (χ3n) is 4.04. The molecule has 0 radical (unpaired) electrons. The van der Waals surface area contributed by atoms with Crippen LogP contribution in [0.25, 0.3) is 0 Å². The maximum Gasteiger partial charge on any atom is 0.219 e. The van der Waals surface area contributed by atoms with Gasteiger partial charge in [-0.3, -0.25) is 4.79 Å². The number of benzene rings is 1. The number of anilines is 1. The van der Waals surface area contributed by atoms with E-state index < -0.39 is 0 Å². The third-order valence-corrected chi connectivity index (χ3v) is 4.04. The number of nitrogens with one attached hydrogen (secondary N) is 1. The molecule has 1 amide bonds. The molecule has 0 saturated carbocycles. The van der Waals surface area contributed by atoms with Gasteiger partial charge in [0, 0.05) is 50.4 Å². The number of piperazine rings is 1. The summed E-state index contributed by atoms with van der Waals surface area (Å²) < 4.78 is 14.3. The summed E-state index contributed by atoms with van der Waals surface area (Å²) in [6, 6.07) is 5.20. The summed E-state index contributed by atoms with van der Waals surface area (Å²) in [6.07, 6.45) is 0. The summed E-state index contributed by atoms with van der Waals surface area (Å²) in [6.45, 7) is 9.27. The van der Waals surface area contributed by atoms with Crippen molar-refractivity contribution in [3.63, 3.8) is 0 Å². The zero-order valence-corrected chi connectivity index (χ0v) is 13.0. The van der Waals surface area contributed by atoms with Crippen LogP contribution < -0.4 is 10.2 Å². The van der Waals surface area contributed by atoms with Gasteiger partial charge in [0.05, 0.1) is 0 Å². The van der Waals surface area contributed by atoms with Gasteiger partial charge in [0.2, 0.25) is 5.91 Å². The van der Waals surface area contributed by atoms with Crippen molar-refractivity contribution < 1.29 is 9.18 Å². The summed E-state index contributed by atoms with van der Waals surface area (Å²) in [5, 5.41) is 3.28. The predicted molar refractivity (Wildman–Crippen MR) is 83.0 cm³/mol. The Morgan fingerprint density at radius 3 is 2.57 bits per heavy atom. The van der Waals surface area contributed by atoms with E-state index in [0.717, 1.165) is 30.9 Å². The van der Waals surface area contributed by atoms with Crippen LogP contribution in [0.15, 0.2) is 18.2 Å². The molecule has 4 nitrogen and oxygen atoms in total. The molecule has 1 atom stereocenters. The Kier molecular flexibility index (Phi) is 5.17. The van der Waals surface area contributed by atoms with E-state index in [-0.39, 0.29) is 17.8 Å². The summed E-state index contributed by atoms with van der Waals surface area (Å²) in [5.74, 6) is -0.0647. The molecule has 1 saturated heterocycles. The Morgan fingerprint density at radius 2 is 2.00 bits per heavy atom. The van der Waals surface area contributed by atoms with Gasteiger partial charge in [-0.05, 0) is 25.6 Å². The second-order valence-corrected chi connectivity index (χ2v) is 5.45. The number of amides is 1. The molecule has 0 aromatic heterocycles. The lowest BCUT2D eigenvalue weighted by Gasteiger charge is -2.37. The first-order chi connectivity index (χ1) is 10.0. The number of hydrogen-bond donors (Lipinski definition) is 1. The van der Waals surface area contributed by atoms with E-state index in [1.165, 1.54) is 6.07 Å². The number of carbonyl (C=O) groups excluding carboxylic acids is 1. The molecular formula is C16H24FN3O. The first-order valence-electron chi connectivity index (χ1n) is 7.56. The van der Waals surface area contributed by atoms with Gasteiger partial charge in [0.15, 0.2) is 0 Å². The van der Waals surface area contributed by atoms with Crippen molar-refractivity contribution in [2.45, 2.75) is 26.8 Å². The molecule has 1 heterocycles. The topological polar surface area (TPSA) is 35.6 Å². The standard InChI is InChI=1S/C16H24FN3O/c1-4-18-12(2)16-14(17)6-5-7-15(16)20-10-8-19(9-11-20)13(3)21/h5-7,12,18H,4,8-11H2,1-3H3. The van der Waals surface area contributed by atoms with Crippen molar-refractivity contribution in [2.75, 3.05) is 37.6 Å². The smallest absolute Gasteiger partial charge is 0.219 e. The molecule has 2 rings (SSSR count). The highest BCUT2D eigenvalue weighted by molar-refractivity contribution is 5.73. The van der Waals surface area contributed by atoms with E-state index in [1.54, 1.807) is 13.0 Å². The fourth-order valence-electron chi connectivity index (χ4n) is 2.90. The molecule has 1 fully saturated rings. The molecule has 21 heavy (non-hydrogen) atoms. The minimum atomic E-state index is -0.171. The zero-order valence-electron chi connectivity index (χ0n) is 13.0. The fourth-order valence-corrected chi connectivity index (χ4v) is 2.90. The number of rotatable bonds is 4. The fraction of sp³-hybridized carbons (Fsp3) is 0.562. The molecule has 0 aliphatic carbocycles. The lowest BCUT2D eigenvalue weighted by atomic mass is 10.0. The molecule has 1 aromatic rings. The largest absolute Gasteiger partial charge is 0.368 e. The molecule has 1 unspecified atom stereocenters. The normalized spacial score (nSPS) is 17.0. The first-order valence-corrected chi connectivity index (χ1v) is 7.56. The minimum Gasteiger partial charge on any atom is -0.368 e. The quantitative estimate of drug-likeness (QED) is 0.924. The van der Waals surface area contributed by atoms with Crippen LogP contribution in [-0.4, -0.2) is 43.5 Å². The van der Waals surface area contributed by atoms with Gasteiger partial charge in [-0.2, -0.15) is 0 Å². The van der Waals surface area contributed by atoms with Crippen LogP contribution in [-0.2, 0) is 4.79 Å². The highest BCUT2D eigenvalue weighted by Gasteiger charge is 2.23. The van der Waals surface area contributed by atoms with Crippen LogP contribution in [0.2, 0.25) is 0 Å². The van der Waals surface area contributed by atoms with E-state index in [2.05, 4.69) is 10.2 Å². The molecule has 1 aliphatic rings. The summed E-state index contributed by atoms with van der Waals surface area (Å²) in [5.41, 5.74) is 1.65. The average molecular weight is 293 g/mol. The van der Waals surface area contributed by atoms with Crippen LogP contribution in [0, 0.1) is 5.82 Å². The molecule has 0 bridgehead atoms. The Hall–Kier alpha value is -1.62. The lowest BCUT2D eigenvalue weighted by molar-refractivity contribution is -0.129. The van der Waals surface area contributed by atoms with Crippen molar-refractivity contribution in [2.24, 2.45) is 0 Å². The van der Waals surface area contributed by atoms with Crippen LogP contribution >= 0.6 is 0 Å². The van der Waals surface area contributed by atoms with Crippen molar-refractivity contribution >= 4 is 11.6 Å². The van der Waals surface area contributed by atoms with Crippen LogP contribution in [0.1, 0.15) is 32.4 Å². The van der Waals surface area contributed by atoms with E-state index in [4.69, 9.17) is 0 Å². The van der Waals surface area contributed by atoms with Crippen molar-refractivity contribution in [1.29, 1.82) is 0 Å². The molecule has 5 heteroatoms. The van der Waals surface area contributed by atoms with Gasteiger partial charge in [-0.25, -0.2) is 4.39 Å². The first kappa shape index (κ1) is 15.8. The number of carbonyl (C=O) groups is 1. The summed E-state index contributed by atoms with van der Waals surface area (Å²) in [7, 11) is 0. The third kappa shape index (κ3) is 3.53. The maximum absolute atomic E-state index is 14.3. The van der Waals surface area contributed by atoms with Crippen LogP contribution in [0.4, 0.5) is 10.1 Å². The molecule has 0 spiro atoms. The van der Waals surface area contributed by atoms with Gasteiger partial charge in [-0.15, -0.1) is 0 Å². The van der Waals surface area contributed by atoms with E-state index >= 15 is 0 Å². The molecule has 1 aromatic carbocycles. The number of nitrogens with zero attached hydrogens (tertiary/aromatic N) is 2. The molecule has 116 valence electrons. The SMILES string of the molecule is CCNC(C)c1c(F)cccc1N1CCN(C(C)=O)CC1. The van der Waals surface area contributed by atoms with E-state index in [0.29, 0.717) is 13.1 Å². The van der Waals surface area contributed by atoms with Gasteiger partial charge >= 0.3 is 0 Å². The highest BCUT2D eigenvalue weighted by Crippen LogP contribution is 2.29.